The number of halogens is 1. The predicted molar refractivity (Wildman–Crippen MR) is 113 cm³/mol. The first kappa shape index (κ1) is 20.4. The summed E-state index contributed by atoms with van der Waals surface area (Å²) in [7, 11) is 0. The van der Waals surface area contributed by atoms with E-state index in [1.54, 1.807) is 0 Å². The molecule has 0 atom stereocenters. The average molecular weight is 462 g/mol. The highest BCUT2D eigenvalue weighted by atomic mass is 79.9. The Bertz CT molecular complexity index is 911. The molecule has 28 heavy (non-hydrogen) atoms. The molecule has 1 aromatic heterocycles. The molecule has 8 heteroatoms. The number of hydrogen-bond acceptors (Lipinski definition) is 6. The minimum Gasteiger partial charge on any atom is -0.484 e. The van der Waals surface area contributed by atoms with Gasteiger partial charge < -0.3 is 14.5 Å². The summed E-state index contributed by atoms with van der Waals surface area (Å²) in [6.45, 7) is 4.47. The SMILES string of the molecule is CC(C)c1ccc(OCc2nnc(SCC(=O)Nc3ccc(Br)cc3)o2)cc1. The molecule has 0 saturated heterocycles. The zero-order valence-corrected chi connectivity index (χ0v) is 17.9. The van der Waals surface area contributed by atoms with Gasteiger partial charge in [-0.25, -0.2) is 0 Å². The van der Waals surface area contributed by atoms with Gasteiger partial charge in [-0.15, -0.1) is 10.2 Å². The third-order valence-electron chi connectivity index (χ3n) is 3.81. The molecule has 2 aromatic carbocycles. The zero-order valence-electron chi connectivity index (χ0n) is 15.5. The van der Waals surface area contributed by atoms with Gasteiger partial charge in [-0.3, -0.25) is 4.79 Å². The van der Waals surface area contributed by atoms with E-state index < -0.39 is 0 Å². The number of hydrogen-bond donors (Lipinski definition) is 1. The molecule has 1 heterocycles. The second-order valence-electron chi connectivity index (χ2n) is 6.32. The lowest BCUT2D eigenvalue weighted by Gasteiger charge is -2.07. The van der Waals surface area contributed by atoms with Crippen LogP contribution in [0, 0.1) is 0 Å². The van der Waals surface area contributed by atoms with E-state index in [4.69, 9.17) is 9.15 Å². The van der Waals surface area contributed by atoms with Crippen LogP contribution in [0.15, 0.2) is 62.6 Å². The lowest BCUT2D eigenvalue weighted by atomic mass is 10.0. The Kier molecular flexibility index (Phi) is 7.11. The maximum absolute atomic E-state index is 12.0. The van der Waals surface area contributed by atoms with E-state index in [0.29, 0.717) is 17.0 Å². The molecule has 1 N–H and O–H groups in total. The minimum absolute atomic E-state index is 0.145. The van der Waals surface area contributed by atoms with Crippen molar-refractivity contribution in [1.29, 1.82) is 0 Å². The second-order valence-corrected chi connectivity index (χ2v) is 8.16. The van der Waals surface area contributed by atoms with Crippen LogP contribution in [0.4, 0.5) is 5.69 Å². The van der Waals surface area contributed by atoms with Gasteiger partial charge in [0.15, 0.2) is 6.61 Å². The molecule has 0 aliphatic heterocycles. The van der Waals surface area contributed by atoms with Crippen LogP contribution in [0.1, 0.15) is 31.2 Å². The Hall–Kier alpha value is -2.32. The number of nitrogens with one attached hydrogen (secondary N) is 1. The van der Waals surface area contributed by atoms with E-state index in [1.807, 2.05) is 48.5 Å². The fraction of sp³-hybridized carbons (Fsp3) is 0.250. The molecule has 0 aliphatic carbocycles. The van der Waals surface area contributed by atoms with Crippen LogP contribution < -0.4 is 10.1 Å². The largest absolute Gasteiger partial charge is 0.484 e. The van der Waals surface area contributed by atoms with Crippen molar-refractivity contribution >= 4 is 39.3 Å². The van der Waals surface area contributed by atoms with E-state index >= 15 is 0 Å². The van der Waals surface area contributed by atoms with Crippen molar-refractivity contribution in [2.75, 3.05) is 11.1 Å². The third-order valence-corrected chi connectivity index (χ3v) is 5.16. The highest BCUT2D eigenvalue weighted by Gasteiger charge is 2.11. The summed E-state index contributed by atoms with van der Waals surface area (Å²) >= 11 is 4.54. The minimum atomic E-state index is -0.145. The fourth-order valence-electron chi connectivity index (χ4n) is 2.31. The van der Waals surface area contributed by atoms with Gasteiger partial charge in [-0.05, 0) is 47.9 Å². The van der Waals surface area contributed by atoms with E-state index in [9.17, 15) is 4.79 Å². The number of thioether (sulfide) groups is 1. The van der Waals surface area contributed by atoms with Gasteiger partial charge in [0.1, 0.15) is 5.75 Å². The zero-order chi connectivity index (χ0) is 19.9. The number of carbonyl (C=O) groups is 1. The number of carbonyl (C=O) groups excluding carboxylic acids is 1. The van der Waals surface area contributed by atoms with Crippen LogP contribution in [0.2, 0.25) is 0 Å². The van der Waals surface area contributed by atoms with E-state index in [0.717, 1.165) is 15.9 Å². The van der Waals surface area contributed by atoms with Crippen molar-refractivity contribution in [2.45, 2.75) is 31.6 Å². The first-order valence-corrected chi connectivity index (χ1v) is 10.5. The highest BCUT2D eigenvalue weighted by molar-refractivity contribution is 9.10. The molecule has 3 rings (SSSR count). The molecule has 3 aromatic rings. The van der Waals surface area contributed by atoms with Crippen molar-refractivity contribution in [3.63, 3.8) is 0 Å². The number of benzene rings is 2. The molecule has 0 saturated carbocycles. The topological polar surface area (TPSA) is 77.2 Å². The number of nitrogens with zero attached hydrogens (tertiary/aromatic N) is 2. The molecule has 0 unspecified atom stereocenters. The number of aromatic nitrogens is 2. The molecule has 0 radical (unpaired) electrons. The van der Waals surface area contributed by atoms with Crippen LogP contribution >= 0.6 is 27.7 Å². The van der Waals surface area contributed by atoms with Crippen LogP contribution in [-0.2, 0) is 11.4 Å². The van der Waals surface area contributed by atoms with Gasteiger partial charge in [0.25, 0.3) is 11.1 Å². The quantitative estimate of drug-likeness (QED) is 0.460. The van der Waals surface area contributed by atoms with Gasteiger partial charge in [0, 0.05) is 10.2 Å². The molecule has 0 spiro atoms. The van der Waals surface area contributed by atoms with Gasteiger partial charge in [0.2, 0.25) is 5.91 Å². The molecule has 146 valence electrons. The molecule has 0 fully saturated rings. The fourth-order valence-corrected chi connectivity index (χ4v) is 3.15. The lowest BCUT2D eigenvalue weighted by molar-refractivity contribution is -0.113. The molecule has 0 aliphatic rings. The number of ether oxygens (including phenoxy) is 1. The maximum atomic E-state index is 12.0. The summed E-state index contributed by atoms with van der Waals surface area (Å²) in [5, 5.41) is 11.0. The molecule has 0 bridgehead atoms. The molecule has 6 nitrogen and oxygen atoms in total. The maximum Gasteiger partial charge on any atom is 0.277 e. The average Bonchev–Trinajstić information content (AvgIpc) is 3.15. The van der Waals surface area contributed by atoms with E-state index in [2.05, 4.69) is 45.3 Å². The van der Waals surface area contributed by atoms with Crippen LogP contribution in [0.5, 0.6) is 5.75 Å². The summed E-state index contributed by atoms with van der Waals surface area (Å²) in [5.74, 6) is 1.61. The summed E-state index contributed by atoms with van der Waals surface area (Å²) in [5.41, 5.74) is 1.99. The Morgan fingerprint density at radius 2 is 1.86 bits per heavy atom. The second kappa shape index (κ2) is 9.75. The van der Waals surface area contributed by atoms with Crippen LogP contribution in [0.25, 0.3) is 0 Å². The monoisotopic (exact) mass is 461 g/mol. The number of amides is 1. The van der Waals surface area contributed by atoms with Crippen molar-refractivity contribution in [1.82, 2.24) is 10.2 Å². The standard InChI is InChI=1S/C20H20BrN3O3S/c1-13(2)14-3-9-17(10-4-14)26-11-19-23-24-20(27-19)28-12-18(25)22-16-7-5-15(21)6-8-16/h3-10,13H,11-12H2,1-2H3,(H,22,25). The van der Waals surface area contributed by atoms with Gasteiger partial charge >= 0.3 is 0 Å². The lowest BCUT2D eigenvalue weighted by Crippen LogP contribution is -2.13. The van der Waals surface area contributed by atoms with Crippen molar-refractivity contribution < 1.29 is 13.9 Å². The van der Waals surface area contributed by atoms with Crippen molar-refractivity contribution in [2.24, 2.45) is 0 Å². The van der Waals surface area contributed by atoms with E-state index in [-0.39, 0.29) is 18.3 Å². The number of anilines is 1. The Morgan fingerprint density at radius 1 is 1.14 bits per heavy atom. The Balaban J connectivity index is 1.44. The Labute approximate surface area is 176 Å². The highest BCUT2D eigenvalue weighted by Crippen LogP contribution is 2.21. The smallest absolute Gasteiger partial charge is 0.277 e. The Morgan fingerprint density at radius 3 is 2.54 bits per heavy atom. The first-order chi connectivity index (χ1) is 13.5. The number of rotatable bonds is 8. The summed E-state index contributed by atoms with van der Waals surface area (Å²) < 4.78 is 12.1. The summed E-state index contributed by atoms with van der Waals surface area (Å²) in [6, 6.07) is 15.3. The predicted octanol–water partition coefficient (Wildman–Crippen LogP) is 5.27. The van der Waals surface area contributed by atoms with Gasteiger partial charge in [-0.2, -0.15) is 0 Å². The van der Waals surface area contributed by atoms with Crippen LogP contribution in [-0.4, -0.2) is 21.9 Å². The third kappa shape index (κ3) is 6.10. The van der Waals surface area contributed by atoms with Crippen molar-refractivity contribution in [3.8, 4) is 5.75 Å². The summed E-state index contributed by atoms with van der Waals surface area (Å²) in [6.07, 6.45) is 0. The molecular formula is C20H20BrN3O3S. The summed E-state index contributed by atoms with van der Waals surface area (Å²) in [4.78, 5) is 12.0. The first-order valence-electron chi connectivity index (χ1n) is 8.73. The van der Waals surface area contributed by atoms with Gasteiger partial charge in [0.05, 0.1) is 5.75 Å². The normalized spacial score (nSPS) is 10.9. The van der Waals surface area contributed by atoms with Gasteiger partial charge in [-0.1, -0.05) is 53.7 Å². The van der Waals surface area contributed by atoms with Crippen molar-refractivity contribution in [3.05, 3.63) is 64.5 Å². The van der Waals surface area contributed by atoms with E-state index in [1.165, 1.54) is 17.3 Å². The van der Waals surface area contributed by atoms with Crippen LogP contribution in [0.3, 0.4) is 0 Å². The molecular weight excluding hydrogens is 442 g/mol. The molecule has 1 amide bonds.